The summed E-state index contributed by atoms with van der Waals surface area (Å²) in [6.07, 6.45) is 3.58. The Hall–Kier alpha value is -2.23. The van der Waals surface area contributed by atoms with Crippen LogP contribution in [-0.4, -0.2) is 19.2 Å². The molecule has 100 valence electrons. The molecule has 0 bridgehead atoms. The van der Waals surface area contributed by atoms with Gasteiger partial charge in [0.2, 0.25) is 0 Å². The van der Waals surface area contributed by atoms with E-state index >= 15 is 0 Å². The van der Waals surface area contributed by atoms with Crippen molar-refractivity contribution < 1.29 is 9.47 Å². The van der Waals surface area contributed by atoms with E-state index in [4.69, 9.17) is 9.47 Å². The molecule has 1 heterocycles. The van der Waals surface area contributed by atoms with Crippen molar-refractivity contribution in [3.8, 4) is 11.5 Å². The van der Waals surface area contributed by atoms with E-state index in [9.17, 15) is 0 Å². The summed E-state index contributed by atoms with van der Waals surface area (Å²) in [7, 11) is 3.28. The van der Waals surface area contributed by atoms with Crippen LogP contribution in [-0.2, 0) is 6.54 Å². The van der Waals surface area contributed by atoms with E-state index in [0.29, 0.717) is 0 Å². The van der Waals surface area contributed by atoms with Crippen LogP contribution in [0, 0.1) is 6.92 Å². The number of pyridine rings is 1. The van der Waals surface area contributed by atoms with Crippen LogP contribution in [0.25, 0.3) is 0 Å². The van der Waals surface area contributed by atoms with Crippen LogP contribution in [0.15, 0.2) is 36.7 Å². The average Bonchev–Trinajstić information content (AvgIpc) is 2.46. The maximum absolute atomic E-state index is 5.31. The van der Waals surface area contributed by atoms with Crippen molar-refractivity contribution in [2.45, 2.75) is 13.5 Å². The maximum atomic E-state index is 5.31. The number of hydrogen-bond acceptors (Lipinski definition) is 4. The van der Waals surface area contributed by atoms with Crippen molar-refractivity contribution in [3.63, 3.8) is 0 Å². The standard InChI is InChI=1S/C15H18N2O2/c1-11-8-14(18-2)15(19-3)9-13(11)17-10-12-4-6-16-7-5-12/h4-9,17H,10H2,1-3H3. The predicted molar refractivity (Wildman–Crippen MR) is 75.8 cm³/mol. The van der Waals surface area contributed by atoms with Crippen LogP contribution in [0.2, 0.25) is 0 Å². The van der Waals surface area contributed by atoms with Gasteiger partial charge in [-0.2, -0.15) is 0 Å². The summed E-state index contributed by atoms with van der Waals surface area (Å²) in [4.78, 5) is 4.00. The highest BCUT2D eigenvalue weighted by molar-refractivity contribution is 5.60. The zero-order valence-corrected chi connectivity index (χ0v) is 11.4. The molecule has 4 heteroatoms. The number of methoxy groups -OCH3 is 2. The minimum Gasteiger partial charge on any atom is -0.493 e. The molecule has 1 aromatic carbocycles. The molecule has 0 amide bonds. The molecule has 19 heavy (non-hydrogen) atoms. The van der Waals surface area contributed by atoms with E-state index in [1.54, 1.807) is 26.6 Å². The monoisotopic (exact) mass is 258 g/mol. The molecule has 0 fully saturated rings. The zero-order chi connectivity index (χ0) is 13.7. The van der Waals surface area contributed by atoms with E-state index in [1.807, 2.05) is 31.2 Å². The van der Waals surface area contributed by atoms with Gasteiger partial charge in [0.25, 0.3) is 0 Å². The molecule has 0 aliphatic heterocycles. The third-order valence-corrected chi connectivity index (χ3v) is 2.96. The number of nitrogens with one attached hydrogen (secondary N) is 1. The first-order chi connectivity index (χ1) is 9.24. The average molecular weight is 258 g/mol. The van der Waals surface area contributed by atoms with E-state index in [-0.39, 0.29) is 0 Å². The fourth-order valence-corrected chi connectivity index (χ4v) is 1.87. The molecule has 0 spiro atoms. The van der Waals surface area contributed by atoms with Gasteiger partial charge in [-0.15, -0.1) is 0 Å². The lowest BCUT2D eigenvalue weighted by Gasteiger charge is -2.14. The summed E-state index contributed by atoms with van der Waals surface area (Å²) in [5.41, 5.74) is 3.34. The lowest BCUT2D eigenvalue weighted by molar-refractivity contribution is 0.355. The van der Waals surface area contributed by atoms with E-state index in [1.165, 1.54) is 5.56 Å². The van der Waals surface area contributed by atoms with Crippen molar-refractivity contribution in [3.05, 3.63) is 47.8 Å². The number of rotatable bonds is 5. The van der Waals surface area contributed by atoms with Gasteiger partial charge in [0.15, 0.2) is 11.5 Å². The highest BCUT2D eigenvalue weighted by atomic mass is 16.5. The molecule has 4 nitrogen and oxygen atoms in total. The number of anilines is 1. The van der Waals surface area contributed by atoms with Crippen molar-refractivity contribution in [2.24, 2.45) is 0 Å². The van der Waals surface area contributed by atoms with Crippen LogP contribution >= 0.6 is 0 Å². The Morgan fingerprint density at radius 1 is 1.05 bits per heavy atom. The van der Waals surface area contributed by atoms with Crippen LogP contribution in [0.4, 0.5) is 5.69 Å². The smallest absolute Gasteiger partial charge is 0.162 e. The van der Waals surface area contributed by atoms with Gasteiger partial charge in [-0.05, 0) is 36.2 Å². The Bertz CT molecular complexity index is 541. The molecular formula is C15H18N2O2. The van der Waals surface area contributed by atoms with Gasteiger partial charge in [-0.3, -0.25) is 4.98 Å². The van der Waals surface area contributed by atoms with E-state index < -0.39 is 0 Å². The molecule has 1 aromatic heterocycles. The predicted octanol–water partition coefficient (Wildman–Crippen LogP) is 3.02. The molecular weight excluding hydrogens is 240 g/mol. The Morgan fingerprint density at radius 3 is 2.32 bits per heavy atom. The fraction of sp³-hybridized carbons (Fsp3) is 0.267. The van der Waals surface area contributed by atoms with Gasteiger partial charge in [0, 0.05) is 30.7 Å². The van der Waals surface area contributed by atoms with Crippen LogP contribution in [0.5, 0.6) is 11.5 Å². The maximum Gasteiger partial charge on any atom is 0.162 e. The second-order valence-corrected chi connectivity index (χ2v) is 4.23. The third kappa shape index (κ3) is 3.16. The summed E-state index contributed by atoms with van der Waals surface area (Å²) < 4.78 is 10.6. The van der Waals surface area contributed by atoms with Crippen molar-refractivity contribution in [1.29, 1.82) is 0 Å². The van der Waals surface area contributed by atoms with Crippen LogP contribution in [0.1, 0.15) is 11.1 Å². The van der Waals surface area contributed by atoms with Crippen molar-refractivity contribution in [1.82, 2.24) is 4.98 Å². The highest BCUT2D eigenvalue weighted by Crippen LogP contribution is 2.33. The number of nitrogens with zero attached hydrogens (tertiary/aromatic N) is 1. The first-order valence-electron chi connectivity index (χ1n) is 6.10. The zero-order valence-electron chi connectivity index (χ0n) is 11.4. The number of hydrogen-bond donors (Lipinski definition) is 1. The molecule has 0 aliphatic carbocycles. The van der Waals surface area contributed by atoms with Crippen LogP contribution in [0.3, 0.4) is 0 Å². The molecule has 0 aliphatic rings. The summed E-state index contributed by atoms with van der Waals surface area (Å²) in [6.45, 7) is 2.79. The van der Waals surface area contributed by atoms with Gasteiger partial charge in [0.05, 0.1) is 14.2 Å². The summed E-state index contributed by atoms with van der Waals surface area (Å²) >= 11 is 0. The normalized spacial score (nSPS) is 10.1. The van der Waals surface area contributed by atoms with Gasteiger partial charge >= 0.3 is 0 Å². The largest absolute Gasteiger partial charge is 0.493 e. The lowest BCUT2D eigenvalue weighted by atomic mass is 10.1. The van der Waals surface area contributed by atoms with E-state index in [0.717, 1.165) is 29.3 Å². The molecule has 0 saturated heterocycles. The van der Waals surface area contributed by atoms with Gasteiger partial charge in [-0.25, -0.2) is 0 Å². The summed E-state index contributed by atoms with van der Waals surface area (Å²) in [5.74, 6) is 1.47. The van der Waals surface area contributed by atoms with Crippen molar-refractivity contribution in [2.75, 3.05) is 19.5 Å². The summed E-state index contributed by atoms with van der Waals surface area (Å²) in [6, 6.07) is 7.90. The molecule has 0 unspecified atom stereocenters. The molecule has 1 N–H and O–H groups in total. The summed E-state index contributed by atoms with van der Waals surface area (Å²) in [5, 5.41) is 3.39. The molecule has 2 rings (SSSR count). The Kier molecular flexibility index (Phi) is 4.23. The Morgan fingerprint density at radius 2 is 1.68 bits per heavy atom. The SMILES string of the molecule is COc1cc(C)c(NCc2ccncc2)cc1OC. The first-order valence-corrected chi connectivity index (χ1v) is 6.10. The third-order valence-electron chi connectivity index (χ3n) is 2.96. The lowest BCUT2D eigenvalue weighted by Crippen LogP contribution is -2.02. The topological polar surface area (TPSA) is 43.4 Å². The molecule has 0 saturated carbocycles. The quantitative estimate of drug-likeness (QED) is 0.895. The molecule has 0 radical (unpaired) electrons. The molecule has 2 aromatic rings. The highest BCUT2D eigenvalue weighted by Gasteiger charge is 2.08. The van der Waals surface area contributed by atoms with Crippen LogP contribution < -0.4 is 14.8 Å². The first kappa shape index (κ1) is 13.2. The second-order valence-electron chi connectivity index (χ2n) is 4.23. The Balaban J connectivity index is 2.16. The Labute approximate surface area is 113 Å². The fourth-order valence-electron chi connectivity index (χ4n) is 1.87. The van der Waals surface area contributed by atoms with Gasteiger partial charge in [-0.1, -0.05) is 0 Å². The minimum atomic E-state index is 0.727. The van der Waals surface area contributed by atoms with E-state index in [2.05, 4.69) is 10.3 Å². The number of aryl methyl sites for hydroxylation is 1. The minimum absolute atomic E-state index is 0.727. The van der Waals surface area contributed by atoms with Gasteiger partial charge < -0.3 is 14.8 Å². The number of aromatic nitrogens is 1. The van der Waals surface area contributed by atoms with Gasteiger partial charge in [0.1, 0.15) is 0 Å². The van der Waals surface area contributed by atoms with Crippen molar-refractivity contribution >= 4 is 5.69 Å². The second kappa shape index (κ2) is 6.09. The number of benzene rings is 1. The number of ether oxygens (including phenoxy) is 2. The molecule has 0 atom stereocenters.